The standard InChI is InChI=1S/C23H18N6O3S/c1-16-26-21(29-13-12-24-15-29)14-22(27-16)32-19-9-7-18(8-10-19)28-33(30,31)20-6-2-4-17-5-3-11-25-23(17)20/h2-15,28H,1H3. The molecule has 0 saturated carbocycles. The predicted molar refractivity (Wildman–Crippen MR) is 123 cm³/mol. The highest BCUT2D eigenvalue weighted by atomic mass is 32.2. The van der Waals surface area contributed by atoms with Crippen LogP contribution in [0.15, 0.2) is 90.5 Å². The van der Waals surface area contributed by atoms with Crippen molar-refractivity contribution in [3.8, 4) is 17.4 Å². The highest BCUT2D eigenvalue weighted by Gasteiger charge is 2.18. The van der Waals surface area contributed by atoms with E-state index in [-0.39, 0.29) is 4.90 Å². The van der Waals surface area contributed by atoms with Gasteiger partial charge in [0.15, 0.2) is 0 Å². The number of aryl methyl sites for hydroxylation is 1. The highest BCUT2D eigenvalue weighted by Crippen LogP contribution is 2.26. The Bertz CT molecular complexity index is 1530. The van der Waals surface area contributed by atoms with E-state index in [0.29, 0.717) is 34.5 Å². The molecular weight excluding hydrogens is 440 g/mol. The lowest BCUT2D eigenvalue weighted by Crippen LogP contribution is -2.13. The van der Waals surface area contributed by atoms with Crippen molar-refractivity contribution in [3.05, 3.63) is 91.4 Å². The molecule has 0 radical (unpaired) electrons. The van der Waals surface area contributed by atoms with Crippen molar-refractivity contribution in [1.82, 2.24) is 24.5 Å². The maximum Gasteiger partial charge on any atom is 0.264 e. The molecule has 5 aromatic rings. The van der Waals surface area contributed by atoms with E-state index >= 15 is 0 Å². The molecule has 1 N–H and O–H groups in total. The minimum absolute atomic E-state index is 0.115. The van der Waals surface area contributed by atoms with Crippen molar-refractivity contribution >= 4 is 26.6 Å². The SMILES string of the molecule is Cc1nc(Oc2ccc(NS(=O)(=O)c3cccc4cccnc34)cc2)cc(-n2ccnc2)n1. The first-order valence-corrected chi connectivity index (χ1v) is 11.4. The number of benzene rings is 2. The summed E-state index contributed by atoms with van der Waals surface area (Å²) in [5.41, 5.74) is 0.813. The van der Waals surface area contributed by atoms with Gasteiger partial charge in [0.2, 0.25) is 5.88 Å². The van der Waals surface area contributed by atoms with Crippen molar-refractivity contribution in [2.24, 2.45) is 0 Å². The van der Waals surface area contributed by atoms with Gasteiger partial charge in [0.25, 0.3) is 10.0 Å². The van der Waals surface area contributed by atoms with Gasteiger partial charge in [-0.05, 0) is 43.3 Å². The van der Waals surface area contributed by atoms with Crippen LogP contribution >= 0.6 is 0 Å². The molecule has 0 spiro atoms. The maximum atomic E-state index is 13.0. The Morgan fingerprint density at radius 1 is 0.970 bits per heavy atom. The lowest BCUT2D eigenvalue weighted by Gasteiger charge is -2.11. The molecule has 0 aliphatic rings. The van der Waals surface area contributed by atoms with Crippen LogP contribution in [-0.2, 0) is 10.0 Å². The largest absolute Gasteiger partial charge is 0.439 e. The van der Waals surface area contributed by atoms with Gasteiger partial charge in [-0.25, -0.2) is 18.4 Å². The zero-order chi connectivity index (χ0) is 22.8. The van der Waals surface area contributed by atoms with Crippen LogP contribution in [-0.4, -0.2) is 32.9 Å². The van der Waals surface area contributed by atoms with Gasteiger partial charge in [0.1, 0.15) is 28.6 Å². The van der Waals surface area contributed by atoms with Gasteiger partial charge in [-0.2, -0.15) is 4.98 Å². The monoisotopic (exact) mass is 458 g/mol. The molecule has 0 amide bonds. The molecule has 164 valence electrons. The molecule has 0 bridgehead atoms. The average molecular weight is 459 g/mol. The van der Waals surface area contributed by atoms with E-state index in [1.165, 1.54) is 6.07 Å². The van der Waals surface area contributed by atoms with Crippen LogP contribution < -0.4 is 9.46 Å². The van der Waals surface area contributed by atoms with Gasteiger partial charge >= 0.3 is 0 Å². The average Bonchev–Trinajstić information content (AvgIpc) is 3.35. The van der Waals surface area contributed by atoms with Crippen molar-refractivity contribution < 1.29 is 13.2 Å². The van der Waals surface area contributed by atoms with Gasteiger partial charge < -0.3 is 4.74 Å². The smallest absolute Gasteiger partial charge is 0.264 e. The third kappa shape index (κ3) is 4.37. The van der Waals surface area contributed by atoms with E-state index in [1.54, 1.807) is 78.9 Å². The summed E-state index contributed by atoms with van der Waals surface area (Å²) >= 11 is 0. The second-order valence-electron chi connectivity index (χ2n) is 7.14. The number of pyridine rings is 1. The van der Waals surface area contributed by atoms with Crippen LogP contribution in [0.3, 0.4) is 0 Å². The summed E-state index contributed by atoms with van der Waals surface area (Å²) in [6, 6.07) is 16.9. The summed E-state index contributed by atoms with van der Waals surface area (Å²) in [6.45, 7) is 1.77. The van der Waals surface area contributed by atoms with Crippen LogP contribution in [0.25, 0.3) is 16.7 Å². The quantitative estimate of drug-likeness (QED) is 0.407. The predicted octanol–water partition coefficient (Wildman–Crippen LogP) is 4.11. The minimum Gasteiger partial charge on any atom is -0.439 e. The molecule has 10 heteroatoms. The van der Waals surface area contributed by atoms with Crippen LogP contribution in [0.4, 0.5) is 5.69 Å². The Balaban J connectivity index is 1.36. The van der Waals surface area contributed by atoms with Crippen LogP contribution in [0, 0.1) is 6.92 Å². The first-order valence-electron chi connectivity index (χ1n) is 9.96. The zero-order valence-corrected chi connectivity index (χ0v) is 18.3. The summed E-state index contributed by atoms with van der Waals surface area (Å²) in [5, 5.41) is 0.749. The number of hydrogen-bond acceptors (Lipinski definition) is 7. The fourth-order valence-electron chi connectivity index (χ4n) is 3.32. The first kappa shape index (κ1) is 20.6. The summed E-state index contributed by atoms with van der Waals surface area (Å²) < 4.78 is 36.1. The van der Waals surface area contributed by atoms with E-state index in [9.17, 15) is 8.42 Å². The minimum atomic E-state index is -3.83. The van der Waals surface area contributed by atoms with Gasteiger partial charge in [-0.3, -0.25) is 14.3 Å². The van der Waals surface area contributed by atoms with Crippen LogP contribution in [0.5, 0.6) is 11.6 Å². The van der Waals surface area contributed by atoms with Crippen molar-refractivity contribution in [1.29, 1.82) is 0 Å². The van der Waals surface area contributed by atoms with E-state index in [4.69, 9.17) is 4.74 Å². The lowest BCUT2D eigenvalue weighted by atomic mass is 10.2. The third-order valence-corrected chi connectivity index (χ3v) is 6.20. The Kier molecular flexibility index (Phi) is 5.19. The van der Waals surface area contributed by atoms with E-state index in [1.807, 2.05) is 12.1 Å². The molecule has 3 heterocycles. The molecule has 0 aliphatic carbocycles. The second-order valence-corrected chi connectivity index (χ2v) is 8.80. The van der Waals surface area contributed by atoms with Gasteiger partial charge in [-0.1, -0.05) is 18.2 Å². The number of anilines is 1. The highest BCUT2D eigenvalue weighted by molar-refractivity contribution is 7.93. The first-order chi connectivity index (χ1) is 16.0. The molecule has 0 fully saturated rings. The molecule has 0 saturated heterocycles. The number of nitrogens with one attached hydrogen (secondary N) is 1. The molecule has 0 aliphatic heterocycles. The number of hydrogen-bond donors (Lipinski definition) is 1. The number of sulfonamides is 1. The molecule has 33 heavy (non-hydrogen) atoms. The van der Waals surface area contributed by atoms with Crippen molar-refractivity contribution in [3.63, 3.8) is 0 Å². The Labute approximate surface area is 189 Å². The molecule has 5 rings (SSSR count). The molecular formula is C23H18N6O3S. The van der Waals surface area contributed by atoms with Crippen molar-refractivity contribution in [2.75, 3.05) is 4.72 Å². The van der Waals surface area contributed by atoms with Crippen LogP contribution in [0.2, 0.25) is 0 Å². The number of aromatic nitrogens is 5. The molecule has 0 atom stereocenters. The van der Waals surface area contributed by atoms with Crippen molar-refractivity contribution in [2.45, 2.75) is 11.8 Å². The van der Waals surface area contributed by atoms with Gasteiger partial charge in [-0.15, -0.1) is 0 Å². The number of rotatable bonds is 6. The zero-order valence-electron chi connectivity index (χ0n) is 17.5. The Hall–Kier alpha value is -4.31. The molecule has 3 aromatic heterocycles. The Morgan fingerprint density at radius 2 is 1.79 bits per heavy atom. The normalized spacial score (nSPS) is 11.4. The molecule has 2 aromatic carbocycles. The third-order valence-electron chi connectivity index (χ3n) is 4.78. The van der Waals surface area contributed by atoms with Crippen LogP contribution in [0.1, 0.15) is 5.82 Å². The number of ether oxygens (including phenoxy) is 1. The Morgan fingerprint density at radius 3 is 2.58 bits per heavy atom. The maximum absolute atomic E-state index is 13.0. The fourth-order valence-corrected chi connectivity index (χ4v) is 4.56. The molecule has 9 nitrogen and oxygen atoms in total. The van der Waals surface area contributed by atoms with E-state index in [0.717, 1.165) is 5.39 Å². The van der Waals surface area contributed by atoms with Gasteiger partial charge in [0, 0.05) is 35.7 Å². The van der Waals surface area contributed by atoms with E-state index < -0.39 is 10.0 Å². The number of nitrogens with zero attached hydrogens (tertiary/aromatic N) is 5. The number of fused-ring (bicyclic) bond motifs is 1. The summed E-state index contributed by atoms with van der Waals surface area (Å²) in [4.78, 5) is 17.0. The molecule has 0 unspecified atom stereocenters. The topological polar surface area (TPSA) is 112 Å². The summed E-state index contributed by atoms with van der Waals surface area (Å²) in [7, 11) is -3.83. The second kappa shape index (κ2) is 8.32. The van der Waals surface area contributed by atoms with E-state index in [2.05, 4.69) is 24.7 Å². The fraction of sp³-hybridized carbons (Fsp3) is 0.0435. The number of para-hydroxylation sites is 1. The van der Waals surface area contributed by atoms with Gasteiger partial charge in [0.05, 0.1) is 5.52 Å². The summed E-state index contributed by atoms with van der Waals surface area (Å²) in [6.07, 6.45) is 6.64. The summed E-state index contributed by atoms with van der Waals surface area (Å²) in [5.74, 6) is 2.04. The lowest BCUT2D eigenvalue weighted by molar-refractivity contribution is 0.459. The number of imidazole rings is 1.